The Morgan fingerprint density at radius 3 is 3.20 bits per heavy atom. The highest BCUT2D eigenvalue weighted by Gasteiger charge is 2.24. The second-order valence-electron chi connectivity index (χ2n) is 5.43. The first kappa shape index (κ1) is 13.4. The van der Waals surface area contributed by atoms with Gasteiger partial charge in [0.2, 0.25) is 5.91 Å². The molecular weight excluding hydrogens is 270 g/mol. The summed E-state index contributed by atoms with van der Waals surface area (Å²) < 4.78 is 2.17. The molecule has 0 saturated heterocycles. The van der Waals surface area contributed by atoms with Gasteiger partial charge >= 0.3 is 0 Å². The van der Waals surface area contributed by atoms with Crippen LogP contribution in [-0.4, -0.2) is 21.5 Å². The van der Waals surface area contributed by atoms with E-state index in [2.05, 4.69) is 21.1 Å². The molecule has 0 fully saturated rings. The molecule has 0 bridgehead atoms. The Hall–Kier alpha value is -1.62. The fraction of sp³-hybridized carbons (Fsp3) is 0.467. The third-order valence-electron chi connectivity index (χ3n) is 3.82. The van der Waals surface area contributed by atoms with Crippen LogP contribution in [0.5, 0.6) is 0 Å². The summed E-state index contributed by atoms with van der Waals surface area (Å²) in [5, 5.41) is 5.19. The summed E-state index contributed by atoms with van der Waals surface area (Å²) in [7, 11) is 0. The monoisotopic (exact) mass is 289 g/mol. The Labute approximate surface area is 122 Å². The molecule has 5 heteroatoms. The first-order valence-electron chi connectivity index (χ1n) is 7.00. The normalized spacial score (nSPS) is 19.4. The molecule has 20 heavy (non-hydrogen) atoms. The molecule has 3 heterocycles. The van der Waals surface area contributed by atoms with Gasteiger partial charge in [-0.2, -0.15) is 0 Å². The minimum atomic E-state index is -0.0686. The molecule has 106 valence electrons. The fourth-order valence-electron chi connectivity index (χ4n) is 2.70. The molecular formula is C15H19N3OS. The highest BCUT2D eigenvalue weighted by molar-refractivity contribution is 7.10. The standard InChI is InChI=1S/C15H19N3OS/c1-10-8-18-9-12(5-6-14(18)16-10)17-15(19)11(2)13-4-3-7-20-13/h3-4,7-8,11-12H,5-6,9H2,1-2H3,(H,17,19). The lowest BCUT2D eigenvalue weighted by Crippen LogP contribution is -2.42. The Morgan fingerprint density at radius 1 is 1.60 bits per heavy atom. The number of amides is 1. The molecule has 0 radical (unpaired) electrons. The molecule has 0 saturated carbocycles. The van der Waals surface area contributed by atoms with E-state index in [1.54, 1.807) is 11.3 Å². The van der Waals surface area contributed by atoms with Crippen LogP contribution < -0.4 is 5.32 Å². The summed E-state index contributed by atoms with van der Waals surface area (Å²) in [5.41, 5.74) is 1.05. The minimum Gasteiger partial charge on any atom is -0.351 e. The Morgan fingerprint density at radius 2 is 2.45 bits per heavy atom. The number of aryl methyl sites for hydroxylation is 2. The van der Waals surface area contributed by atoms with Crippen LogP contribution in [0.25, 0.3) is 0 Å². The van der Waals surface area contributed by atoms with E-state index in [0.717, 1.165) is 35.8 Å². The molecule has 2 unspecified atom stereocenters. The maximum absolute atomic E-state index is 12.3. The summed E-state index contributed by atoms with van der Waals surface area (Å²) in [6.45, 7) is 4.81. The summed E-state index contributed by atoms with van der Waals surface area (Å²) >= 11 is 1.64. The van der Waals surface area contributed by atoms with Gasteiger partial charge in [-0.3, -0.25) is 4.79 Å². The molecule has 1 aliphatic heterocycles. The van der Waals surface area contributed by atoms with Crippen LogP contribution in [0.15, 0.2) is 23.7 Å². The summed E-state index contributed by atoms with van der Waals surface area (Å²) in [5.74, 6) is 1.19. The first-order valence-corrected chi connectivity index (χ1v) is 7.88. The van der Waals surface area contributed by atoms with Crippen LogP contribution in [0.1, 0.15) is 35.7 Å². The lowest BCUT2D eigenvalue weighted by atomic mass is 10.0. The van der Waals surface area contributed by atoms with Crippen LogP contribution in [0.2, 0.25) is 0 Å². The van der Waals surface area contributed by atoms with Crippen molar-refractivity contribution in [3.05, 3.63) is 40.1 Å². The number of aromatic nitrogens is 2. The predicted molar refractivity (Wildman–Crippen MR) is 79.9 cm³/mol. The lowest BCUT2D eigenvalue weighted by Gasteiger charge is -2.25. The number of carbonyl (C=O) groups excluding carboxylic acids is 1. The van der Waals surface area contributed by atoms with Crippen LogP contribution >= 0.6 is 11.3 Å². The van der Waals surface area contributed by atoms with Crippen molar-refractivity contribution in [1.29, 1.82) is 0 Å². The highest BCUT2D eigenvalue weighted by Crippen LogP contribution is 2.22. The van der Waals surface area contributed by atoms with Crippen molar-refractivity contribution in [3.63, 3.8) is 0 Å². The predicted octanol–water partition coefficient (Wildman–Crippen LogP) is 2.49. The van der Waals surface area contributed by atoms with Gasteiger partial charge in [0.15, 0.2) is 0 Å². The third-order valence-corrected chi connectivity index (χ3v) is 4.88. The van der Waals surface area contributed by atoms with E-state index >= 15 is 0 Å². The number of carbonyl (C=O) groups is 1. The van der Waals surface area contributed by atoms with E-state index in [1.807, 2.05) is 31.4 Å². The van der Waals surface area contributed by atoms with Gasteiger partial charge in [0.05, 0.1) is 11.6 Å². The topological polar surface area (TPSA) is 46.9 Å². The number of hydrogen-bond donors (Lipinski definition) is 1. The van der Waals surface area contributed by atoms with Gasteiger partial charge in [-0.15, -0.1) is 11.3 Å². The van der Waals surface area contributed by atoms with Crippen molar-refractivity contribution in [2.45, 2.75) is 45.2 Å². The average molecular weight is 289 g/mol. The summed E-state index contributed by atoms with van der Waals surface area (Å²) in [4.78, 5) is 17.9. The molecule has 2 atom stereocenters. The number of fused-ring (bicyclic) bond motifs is 1. The molecule has 1 amide bonds. The number of rotatable bonds is 3. The van der Waals surface area contributed by atoms with Gasteiger partial charge < -0.3 is 9.88 Å². The Balaban J connectivity index is 1.63. The van der Waals surface area contributed by atoms with E-state index in [1.165, 1.54) is 0 Å². The third kappa shape index (κ3) is 2.63. The van der Waals surface area contributed by atoms with E-state index in [0.29, 0.717) is 0 Å². The zero-order chi connectivity index (χ0) is 14.1. The maximum atomic E-state index is 12.3. The van der Waals surface area contributed by atoms with Gasteiger partial charge in [-0.25, -0.2) is 4.98 Å². The van der Waals surface area contributed by atoms with Crippen LogP contribution in [0.4, 0.5) is 0 Å². The minimum absolute atomic E-state index is 0.0686. The van der Waals surface area contributed by atoms with Gasteiger partial charge in [0.25, 0.3) is 0 Å². The van der Waals surface area contributed by atoms with E-state index in [9.17, 15) is 4.79 Å². The van der Waals surface area contributed by atoms with Crippen LogP contribution in [-0.2, 0) is 17.8 Å². The molecule has 0 aliphatic carbocycles. The number of nitrogens with one attached hydrogen (secondary N) is 1. The molecule has 4 nitrogen and oxygen atoms in total. The van der Waals surface area contributed by atoms with Gasteiger partial charge in [-0.1, -0.05) is 6.07 Å². The molecule has 0 aromatic carbocycles. The molecule has 3 rings (SSSR count). The Kier molecular flexibility index (Phi) is 3.61. The van der Waals surface area contributed by atoms with E-state index in [-0.39, 0.29) is 17.9 Å². The number of thiophene rings is 1. The number of hydrogen-bond acceptors (Lipinski definition) is 3. The second kappa shape index (κ2) is 5.40. The van der Waals surface area contributed by atoms with Crippen LogP contribution in [0, 0.1) is 6.92 Å². The van der Waals surface area contributed by atoms with Crippen molar-refractivity contribution in [2.24, 2.45) is 0 Å². The SMILES string of the molecule is Cc1cn2c(n1)CCC(NC(=O)C(C)c1cccs1)C2. The van der Waals surface area contributed by atoms with E-state index < -0.39 is 0 Å². The smallest absolute Gasteiger partial charge is 0.228 e. The molecule has 2 aromatic heterocycles. The van der Waals surface area contributed by atoms with Crippen molar-refractivity contribution < 1.29 is 4.79 Å². The van der Waals surface area contributed by atoms with Crippen molar-refractivity contribution in [2.75, 3.05) is 0 Å². The average Bonchev–Trinajstić information content (AvgIpc) is 3.05. The van der Waals surface area contributed by atoms with E-state index in [4.69, 9.17) is 0 Å². The molecule has 1 aliphatic rings. The lowest BCUT2D eigenvalue weighted by molar-refractivity contribution is -0.123. The summed E-state index contributed by atoms with van der Waals surface area (Å²) in [6, 6.07) is 4.23. The van der Waals surface area contributed by atoms with Gasteiger partial charge in [0, 0.05) is 30.1 Å². The zero-order valence-corrected chi connectivity index (χ0v) is 12.6. The quantitative estimate of drug-likeness (QED) is 0.943. The first-order chi connectivity index (χ1) is 9.63. The fourth-order valence-corrected chi connectivity index (χ4v) is 3.48. The second-order valence-corrected chi connectivity index (χ2v) is 6.41. The molecule has 1 N–H and O–H groups in total. The maximum Gasteiger partial charge on any atom is 0.228 e. The highest BCUT2D eigenvalue weighted by atomic mass is 32.1. The van der Waals surface area contributed by atoms with Crippen molar-refractivity contribution in [1.82, 2.24) is 14.9 Å². The number of nitrogens with zero attached hydrogens (tertiary/aromatic N) is 2. The van der Waals surface area contributed by atoms with Crippen molar-refractivity contribution in [3.8, 4) is 0 Å². The largest absolute Gasteiger partial charge is 0.351 e. The van der Waals surface area contributed by atoms with Gasteiger partial charge in [-0.05, 0) is 31.7 Å². The Bertz CT molecular complexity index is 603. The van der Waals surface area contributed by atoms with Gasteiger partial charge in [0.1, 0.15) is 5.82 Å². The molecule has 0 spiro atoms. The van der Waals surface area contributed by atoms with Crippen molar-refractivity contribution >= 4 is 17.2 Å². The molecule has 2 aromatic rings. The zero-order valence-electron chi connectivity index (χ0n) is 11.8. The van der Waals surface area contributed by atoms with Crippen LogP contribution in [0.3, 0.4) is 0 Å². The number of imidazole rings is 1. The summed E-state index contributed by atoms with van der Waals surface area (Å²) in [6.07, 6.45) is 3.97.